The number of amides is 5. The van der Waals surface area contributed by atoms with Gasteiger partial charge in [-0.1, -0.05) is 0 Å². The quantitative estimate of drug-likeness (QED) is 0.663. The first kappa shape index (κ1) is 16.5. The molecule has 2 rings (SSSR count). The van der Waals surface area contributed by atoms with Crippen molar-refractivity contribution in [2.45, 2.75) is 19.9 Å². The zero-order valence-corrected chi connectivity index (χ0v) is 12.3. The third-order valence-electron chi connectivity index (χ3n) is 3.11. The van der Waals surface area contributed by atoms with Crippen LogP contribution < -0.4 is 5.32 Å². The molecular weight excluding hydrogens is 312 g/mol. The van der Waals surface area contributed by atoms with Crippen LogP contribution in [0.4, 0.5) is 19.3 Å². The molecule has 9 heteroatoms. The van der Waals surface area contributed by atoms with Gasteiger partial charge in [-0.2, -0.15) is 0 Å². The Morgan fingerprint density at radius 1 is 1.17 bits per heavy atom. The van der Waals surface area contributed by atoms with Gasteiger partial charge in [-0.15, -0.1) is 0 Å². The van der Waals surface area contributed by atoms with Crippen molar-refractivity contribution >= 4 is 29.4 Å². The molecule has 0 aliphatic carbocycles. The number of anilines is 1. The molecule has 1 aromatic carbocycles. The van der Waals surface area contributed by atoms with Crippen LogP contribution >= 0.6 is 0 Å². The fraction of sp³-hybridized carbons (Fsp3) is 0.286. The fourth-order valence-corrected chi connectivity index (χ4v) is 2.04. The first-order chi connectivity index (χ1) is 10.7. The van der Waals surface area contributed by atoms with Gasteiger partial charge in [0.2, 0.25) is 5.91 Å². The van der Waals surface area contributed by atoms with Gasteiger partial charge in [0, 0.05) is 12.1 Å². The maximum atomic E-state index is 13.4. The van der Waals surface area contributed by atoms with Gasteiger partial charge in [0.15, 0.2) is 0 Å². The summed E-state index contributed by atoms with van der Waals surface area (Å²) in [6.07, 6.45) is 0. The number of imide groups is 2. The predicted octanol–water partition coefficient (Wildman–Crippen LogP) is 1.10. The summed E-state index contributed by atoms with van der Waals surface area (Å²) in [7, 11) is 0. The van der Waals surface area contributed by atoms with E-state index in [-0.39, 0.29) is 5.69 Å². The van der Waals surface area contributed by atoms with Crippen LogP contribution in [-0.4, -0.2) is 46.1 Å². The predicted molar refractivity (Wildman–Crippen MR) is 74.1 cm³/mol. The highest BCUT2D eigenvalue weighted by Crippen LogP contribution is 2.17. The summed E-state index contributed by atoms with van der Waals surface area (Å²) in [5.41, 5.74) is -0.303. The third kappa shape index (κ3) is 3.17. The van der Waals surface area contributed by atoms with Gasteiger partial charge in [0.1, 0.15) is 18.2 Å². The molecule has 1 heterocycles. The molecule has 0 atom stereocenters. The number of halogens is 2. The SMILES string of the molecule is CC(C)N1C(=O)C(=O)N(CC(=O)Nc2ccc(F)cc2F)C1=O. The standard InChI is InChI=1S/C14H13F2N3O4/c1-7(2)19-13(22)12(21)18(14(19)23)6-11(20)17-10-4-3-8(15)5-9(10)16/h3-5,7H,6H2,1-2H3,(H,17,20). The number of carbonyl (C=O) groups excluding carboxylic acids is 4. The minimum Gasteiger partial charge on any atom is -0.322 e. The van der Waals surface area contributed by atoms with Crippen LogP contribution in [0.25, 0.3) is 0 Å². The molecule has 122 valence electrons. The van der Waals surface area contributed by atoms with E-state index in [0.717, 1.165) is 17.0 Å². The van der Waals surface area contributed by atoms with Gasteiger partial charge in [0.25, 0.3) is 0 Å². The van der Waals surface area contributed by atoms with Crippen molar-refractivity contribution in [1.82, 2.24) is 9.80 Å². The number of rotatable bonds is 4. The van der Waals surface area contributed by atoms with Crippen molar-refractivity contribution in [2.24, 2.45) is 0 Å². The highest BCUT2D eigenvalue weighted by molar-refractivity contribution is 6.45. The van der Waals surface area contributed by atoms with Crippen LogP contribution in [0.1, 0.15) is 13.8 Å². The first-order valence-electron chi connectivity index (χ1n) is 6.66. The molecule has 7 nitrogen and oxygen atoms in total. The molecule has 0 unspecified atom stereocenters. The van der Waals surface area contributed by atoms with Gasteiger partial charge < -0.3 is 5.32 Å². The van der Waals surface area contributed by atoms with Crippen molar-refractivity contribution in [3.05, 3.63) is 29.8 Å². The number of nitrogens with zero attached hydrogens (tertiary/aromatic N) is 2. The Hall–Kier alpha value is -2.84. The number of hydrogen-bond acceptors (Lipinski definition) is 4. The second-order valence-electron chi connectivity index (χ2n) is 5.12. The Morgan fingerprint density at radius 2 is 1.83 bits per heavy atom. The summed E-state index contributed by atoms with van der Waals surface area (Å²) in [6.45, 7) is 2.34. The topological polar surface area (TPSA) is 86.8 Å². The highest BCUT2D eigenvalue weighted by Gasteiger charge is 2.46. The number of carbonyl (C=O) groups is 4. The fourth-order valence-electron chi connectivity index (χ4n) is 2.04. The van der Waals surface area contributed by atoms with Crippen molar-refractivity contribution < 1.29 is 28.0 Å². The lowest BCUT2D eigenvalue weighted by atomic mass is 10.3. The summed E-state index contributed by atoms with van der Waals surface area (Å²) in [5, 5.41) is 2.11. The van der Waals surface area contributed by atoms with Crippen LogP contribution in [0.5, 0.6) is 0 Å². The molecule has 0 radical (unpaired) electrons. The average molecular weight is 325 g/mol. The Bertz CT molecular complexity index is 705. The minimum absolute atomic E-state index is 0.303. The molecule has 1 fully saturated rings. The zero-order chi connectivity index (χ0) is 17.3. The maximum Gasteiger partial charge on any atom is 0.334 e. The van der Waals surface area contributed by atoms with Gasteiger partial charge in [-0.25, -0.2) is 18.5 Å². The summed E-state index contributed by atoms with van der Waals surface area (Å²) < 4.78 is 26.2. The van der Waals surface area contributed by atoms with Crippen molar-refractivity contribution in [2.75, 3.05) is 11.9 Å². The zero-order valence-electron chi connectivity index (χ0n) is 12.3. The van der Waals surface area contributed by atoms with Gasteiger partial charge in [-0.05, 0) is 26.0 Å². The summed E-state index contributed by atoms with van der Waals surface area (Å²) in [4.78, 5) is 48.4. The van der Waals surface area contributed by atoms with Crippen molar-refractivity contribution in [3.8, 4) is 0 Å². The van der Waals surface area contributed by atoms with Gasteiger partial charge in [0.05, 0.1) is 5.69 Å². The average Bonchev–Trinajstić information content (AvgIpc) is 2.66. The number of benzene rings is 1. The molecular formula is C14H13F2N3O4. The Labute approximate surface area is 129 Å². The molecule has 1 N–H and O–H groups in total. The molecule has 1 aliphatic heterocycles. The van der Waals surface area contributed by atoms with Crippen molar-refractivity contribution in [1.29, 1.82) is 0 Å². The van der Waals surface area contributed by atoms with Crippen LogP contribution in [0.3, 0.4) is 0 Å². The van der Waals surface area contributed by atoms with E-state index in [1.165, 1.54) is 0 Å². The summed E-state index contributed by atoms with van der Waals surface area (Å²) >= 11 is 0. The largest absolute Gasteiger partial charge is 0.334 e. The molecule has 5 amide bonds. The molecule has 0 spiro atoms. The van der Waals surface area contributed by atoms with Gasteiger partial charge in [-0.3, -0.25) is 19.3 Å². The Balaban J connectivity index is 2.10. The number of urea groups is 1. The van der Waals surface area contributed by atoms with Crippen molar-refractivity contribution in [3.63, 3.8) is 0 Å². The highest BCUT2D eigenvalue weighted by atomic mass is 19.1. The lowest BCUT2D eigenvalue weighted by molar-refractivity contribution is -0.144. The maximum absolute atomic E-state index is 13.4. The van der Waals surface area contributed by atoms with Crippen LogP contribution in [0.2, 0.25) is 0 Å². The lowest BCUT2D eigenvalue weighted by Crippen LogP contribution is -2.40. The van der Waals surface area contributed by atoms with Crippen LogP contribution in [-0.2, 0) is 14.4 Å². The first-order valence-corrected chi connectivity index (χ1v) is 6.66. The van der Waals surface area contributed by atoms with Crippen LogP contribution in [0.15, 0.2) is 18.2 Å². The van der Waals surface area contributed by atoms with E-state index in [4.69, 9.17) is 0 Å². The molecule has 0 bridgehead atoms. The Morgan fingerprint density at radius 3 is 2.35 bits per heavy atom. The van der Waals surface area contributed by atoms with E-state index in [1.54, 1.807) is 13.8 Å². The van der Waals surface area contributed by atoms with E-state index in [0.29, 0.717) is 11.0 Å². The second-order valence-corrected chi connectivity index (χ2v) is 5.12. The third-order valence-corrected chi connectivity index (χ3v) is 3.11. The molecule has 1 aromatic rings. The van der Waals surface area contributed by atoms with E-state index < -0.39 is 48.0 Å². The van der Waals surface area contributed by atoms with E-state index in [2.05, 4.69) is 5.32 Å². The smallest absolute Gasteiger partial charge is 0.322 e. The Kier molecular flexibility index (Phi) is 4.39. The molecule has 0 saturated carbocycles. The lowest BCUT2D eigenvalue weighted by Gasteiger charge is -2.18. The van der Waals surface area contributed by atoms with E-state index in [9.17, 15) is 28.0 Å². The normalized spacial score (nSPS) is 14.9. The summed E-state index contributed by atoms with van der Waals surface area (Å²) in [6, 6.07) is 1.06. The van der Waals surface area contributed by atoms with Gasteiger partial charge >= 0.3 is 17.8 Å². The van der Waals surface area contributed by atoms with Crippen LogP contribution in [0, 0.1) is 11.6 Å². The monoisotopic (exact) mass is 325 g/mol. The van der Waals surface area contributed by atoms with E-state index >= 15 is 0 Å². The molecule has 0 aromatic heterocycles. The second kappa shape index (κ2) is 6.11. The molecule has 1 saturated heterocycles. The minimum atomic E-state index is -1.13. The molecule has 1 aliphatic rings. The number of hydrogen-bond donors (Lipinski definition) is 1. The summed E-state index contributed by atoms with van der Waals surface area (Å²) in [5.74, 6) is -4.86. The number of nitrogens with one attached hydrogen (secondary N) is 1. The van der Waals surface area contributed by atoms with E-state index in [1.807, 2.05) is 0 Å². The molecule has 23 heavy (non-hydrogen) atoms.